The first kappa shape index (κ1) is 11.9. The molecule has 2 rings (SSSR count). The van der Waals surface area contributed by atoms with E-state index < -0.39 is 6.10 Å². The smallest absolute Gasteiger partial charge is 0.105 e. The van der Waals surface area contributed by atoms with Gasteiger partial charge in [0.2, 0.25) is 0 Å². The van der Waals surface area contributed by atoms with Crippen molar-refractivity contribution in [2.24, 2.45) is 5.73 Å². The van der Waals surface area contributed by atoms with E-state index >= 15 is 0 Å². The van der Waals surface area contributed by atoms with Crippen molar-refractivity contribution in [3.63, 3.8) is 0 Å². The van der Waals surface area contributed by atoms with Crippen LogP contribution in [-0.2, 0) is 6.42 Å². The lowest BCUT2D eigenvalue weighted by Gasteiger charge is -2.18. The predicted octanol–water partition coefficient (Wildman–Crippen LogP) is 2.19. The van der Waals surface area contributed by atoms with Gasteiger partial charge < -0.3 is 15.3 Å². The number of aliphatic hydroxyl groups excluding tert-OH is 1. The van der Waals surface area contributed by atoms with Gasteiger partial charge in [-0.3, -0.25) is 0 Å². The van der Waals surface area contributed by atoms with Crippen molar-refractivity contribution in [2.75, 3.05) is 0 Å². The first-order valence-electron chi connectivity index (χ1n) is 5.69. The second kappa shape index (κ2) is 5.17. The van der Waals surface area contributed by atoms with Gasteiger partial charge in [-0.2, -0.15) is 0 Å². The summed E-state index contributed by atoms with van der Waals surface area (Å²) in [6, 6.07) is 11.1. The number of hydrogen-bond acceptors (Lipinski definition) is 3. The number of furan rings is 1. The van der Waals surface area contributed by atoms with Gasteiger partial charge in [0.15, 0.2) is 0 Å². The van der Waals surface area contributed by atoms with E-state index in [0.717, 1.165) is 11.3 Å². The molecule has 1 heterocycles. The number of benzene rings is 1. The molecule has 3 heteroatoms. The van der Waals surface area contributed by atoms with Gasteiger partial charge in [0.25, 0.3) is 0 Å². The fourth-order valence-electron chi connectivity index (χ4n) is 1.78. The molecule has 0 saturated carbocycles. The Hall–Kier alpha value is -1.58. The highest BCUT2D eigenvalue weighted by Gasteiger charge is 2.18. The largest absolute Gasteiger partial charge is 0.469 e. The number of hydrogen-bond donors (Lipinski definition) is 2. The molecule has 1 aromatic heterocycles. The standard InChI is InChI=1S/C14H17NO2/c1-10-4-6-11(7-5-10)14(16)13(15)9-12-3-2-8-17-12/h2-8,13-14,16H,9,15H2,1H3. The molecular formula is C14H17NO2. The van der Waals surface area contributed by atoms with Crippen LogP contribution in [0.3, 0.4) is 0 Å². The highest BCUT2D eigenvalue weighted by atomic mass is 16.3. The van der Waals surface area contributed by atoms with Crippen LogP contribution < -0.4 is 5.73 Å². The SMILES string of the molecule is Cc1ccc(C(O)C(N)Cc2ccco2)cc1. The molecule has 3 nitrogen and oxygen atoms in total. The van der Waals surface area contributed by atoms with Crippen molar-refractivity contribution in [1.82, 2.24) is 0 Å². The van der Waals surface area contributed by atoms with Crippen molar-refractivity contribution in [1.29, 1.82) is 0 Å². The maximum atomic E-state index is 10.1. The molecule has 2 aromatic rings. The Bertz CT molecular complexity index is 448. The third-order valence-corrected chi connectivity index (χ3v) is 2.84. The Morgan fingerprint density at radius 1 is 1.24 bits per heavy atom. The molecule has 0 radical (unpaired) electrons. The van der Waals surface area contributed by atoms with Crippen molar-refractivity contribution in [3.05, 3.63) is 59.5 Å². The van der Waals surface area contributed by atoms with Gasteiger partial charge in [0, 0.05) is 12.5 Å². The Kier molecular flexibility index (Phi) is 3.61. The van der Waals surface area contributed by atoms with E-state index in [4.69, 9.17) is 10.2 Å². The van der Waals surface area contributed by atoms with E-state index in [9.17, 15) is 5.11 Å². The summed E-state index contributed by atoms with van der Waals surface area (Å²) in [5, 5.41) is 10.1. The van der Waals surface area contributed by atoms with E-state index in [-0.39, 0.29) is 6.04 Å². The molecule has 2 unspecified atom stereocenters. The van der Waals surface area contributed by atoms with Crippen molar-refractivity contribution in [3.8, 4) is 0 Å². The molecule has 0 aliphatic carbocycles. The third-order valence-electron chi connectivity index (χ3n) is 2.84. The Morgan fingerprint density at radius 3 is 2.53 bits per heavy atom. The van der Waals surface area contributed by atoms with E-state index in [0.29, 0.717) is 6.42 Å². The molecule has 0 aliphatic rings. The minimum atomic E-state index is -0.666. The minimum Gasteiger partial charge on any atom is -0.469 e. The second-order valence-electron chi connectivity index (χ2n) is 4.30. The molecule has 90 valence electrons. The molecule has 2 atom stereocenters. The average Bonchev–Trinajstić information content (AvgIpc) is 2.82. The maximum Gasteiger partial charge on any atom is 0.105 e. The molecule has 0 saturated heterocycles. The Balaban J connectivity index is 2.04. The fourth-order valence-corrected chi connectivity index (χ4v) is 1.78. The first-order valence-corrected chi connectivity index (χ1v) is 5.69. The lowest BCUT2D eigenvalue weighted by Crippen LogP contribution is -2.30. The van der Waals surface area contributed by atoms with Crippen LogP contribution in [0, 0.1) is 6.92 Å². The quantitative estimate of drug-likeness (QED) is 0.848. The third kappa shape index (κ3) is 2.96. The fraction of sp³-hybridized carbons (Fsp3) is 0.286. The summed E-state index contributed by atoms with van der Waals surface area (Å²) in [6.45, 7) is 2.01. The van der Waals surface area contributed by atoms with Gasteiger partial charge in [-0.15, -0.1) is 0 Å². The summed E-state index contributed by atoms with van der Waals surface area (Å²) in [4.78, 5) is 0. The molecular weight excluding hydrogens is 214 g/mol. The lowest BCUT2D eigenvalue weighted by molar-refractivity contribution is 0.143. The molecule has 3 N–H and O–H groups in total. The van der Waals surface area contributed by atoms with Crippen LogP contribution in [-0.4, -0.2) is 11.1 Å². The Morgan fingerprint density at radius 2 is 1.94 bits per heavy atom. The van der Waals surface area contributed by atoms with Crippen LogP contribution >= 0.6 is 0 Å². The molecule has 0 amide bonds. The predicted molar refractivity (Wildman–Crippen MR) is 66.5 cm³/mol. The Labute approximate surface area is 101 Å². The summed E-state index contributed by atoms with van der Waals surface area (Å²) < 4.78 is 5.22. The van der Waals surface area contributed by atoms with Gasteiger partial charge in [-0.1, -0.05) is 29.8 Å². The van der Waals surface area contributed by atoms with E-state index in [1.54, 1.807) is 6.26 Å². The van der Waals surface area contributed by atoms with Crippen LogP contribution in [0.15, 0.2) is 47.1 Å². The van der Waals surface area contributed by atoms with Gasteiger partial charge in [0.05, 0.1) is 12.4 Å². The second-order valence-corrected chi connectivity index (χ2v) is 4.30. The summed E-state index contributed by atoms with van der Waals surface area (Å²) in [7, 11) is 0. The van der Waals surface area contributed by atoms with Gasteiger partial charge in [-0.25, -0.2) is 0 Å². The molecule has 0 fully saturated rings. The molecule has 0 spiro atoms. The van der Waals surface area contributed by atoms with Crippen LogP contribution in [0.25, 0.3) is 0 Å². The summed E-state index contributed by atoms with van der Waals surface area (Å²) >= 11 is 0. The zero-order valence-corrected chi connectivity index (χ0v) is 9.84. The van der Waals surface area contributed by atoms with Crippen LogP contribution in [0.1, 0.15) is 23.0 Å². The van der Waals surface area contributed by atoms with Crippen molar-refractivity contribution in [2.45, 2.75) is 25.5 Å². The number of aliphatic hydroxyl groups is 1. The monoisotopic (exact) mass is 231 g/mol. The molecule has 1 aromatic carbocycles. The highest BCUT2D eigenvalue weighted by molar-refractivity contribution is 5.24. The molecule has 17 heavy (non-hydrogen) atoms. The van der Waals surface area contributed by atoms with Gasteiger partial charge in [0.1, 0.15) is 5.76 Å². The number of nitrogens with two attached hydrogens (primary N) is 1. The van der Waals surface area contributed by atoms with Gasteiger partial charge in [-0.05, 0) is 24.6 Å². The van der Waals surface area contributed by atoms with Crippen LogP contribution in [0.5, 0.6) is 0 Å². The van der Waals surface area contributed by atoms with Crippen LogP contribution in [0.4, 0.5) is 0 Å². The van der Waals surface area contributed by atoms with E-state index in [1.165, 1.54) is 5.56 Å². The summed E-state index contributed by atoms with van der Waals surface area (Å²) in [6.07, 6.45) is 1.48. The van der Waals surface area contributed by atoms with Gasteiger partial charge >= 0.3 is 0 Å². The zero-order chi connectivity index (χ0) is 12.3. The number of rotatable bonds is 4. The van der Waals surface area contributed by atoms with E-state index in [1.807, 2.05) is 43.3 Å². The first-order chi connectivity index (χ1) is 8.16. The maximum absolute atomic E-state index is 10.1. The normalized spacial score (nSPS) is 14.5. The van der Waals surface area contributed by atoms with Crippen molar-refractivity contribution < 1.29 is 9.52 Å². The van der Waals surface area contributed by atoms with Crippen LogP contribution in [0.2, 0.25) is 0 Å². The average molecular weight is 231 g/mol. The molecule has 0 aliphatic heterocycles. The van der Waals surface area contributed by atoms with E-state index in [2.05, 4.69) is 0 Å². The summed E-state index contributed by atoms with van der Waals surface area (Å²) in [5.41, 5.74) is 7.98. The highest BCUT2D eigenvalue weighted by Crippen LogP contribution is 2.19. The summed E-state index contributed by atoms with van der Waals surface area (Å²) in [5.74, 6) is 0.795. The van der Waals surface area contributed by atoms with Crippen molar-refractivity contribution >= 4 is 0 Å². The topological polar surface area (TPSA) is 59.4 Å². The minimum absolute atomic E-state index is 0.358. The molecule has 0 bridgehead atoms. The zero-order valence-electron chi connectivity index (χ0n) is 9.84. The lowest BCUT2D eigenvalue weighted by atomic mass is 9.99. The number of aryl methyl sites for hydroxylation is 1.